The molecule has 0 aliphatic carbocycles. The zero-order valence-corrected chi connectivity index (χ0v) is 32.4. The maximum Gasteiger partial charge on any atom is 0.230 e. The highest BCUT2D eigenvalue weighted by molar-refractivity contribution is 7.16. The summed E-state index contributed by atoms with van der Waals surface area (Å²) in [5.74, 6) is 0.569. The van der Waals surface area contributed by atoms with E-state index in [1.807, 2.05) is 62.4 Å². The number of amides is 1. The van der Waals surface area contributed by atoms with E-state index in [2.05, 4.69) is 35.5 Å². The van der Waals surface area contributed by atoms with Gasteiger partial charge in [-0.05, 0) is 61.2 Å². The van der Waals surface area contributed by atoms with Crippen LogP contribution in [0.1, 0.15) is 31.9 Å². The van der Waals surface area contributed by atoms with Crippen molar-refractivity contribution in [3.05, 3.63) is 93.9 Å². The van der Waals surface area contributed by atoms with Crippen molar-refractivity contribution < 1.29 is 43.1 Å². The molecular formula is C41H53N3O9S. The highest BCUT2D eigenvalue weighted by Gasteiger charge is 2.18. The molecule has 0 atom stereocenters. The average Bonchev–Trinajstić information content (AvgIpc) is 3.73. The molecule has 1 amide bonds. The predicted octanol–water partition coefficient (Wildman–Crippen LogP) is 5.55. The van der Waals surface area contributed by atoms with Crippen LogP contribution in [0.25, 0.3) is 11.3 Å². The van der Waals surface area contributed by atoms with Crippen LogP contribution in [0.3, 0.4) is 0 Å². The van der Waals surface area contributed by atoms with E-state index in [-0.39, 0.29) is 18.9 Å². The summed E-state index contributed by atoms with van der Waals surface area (Å²) in [5.41, 5.74) is 7.29. The smallest absolute Gasteiger partial charge is 0.230 e. The van der Waals surface area contributed by atoms with Crippen LogP contribution in [0.15, 0.2) is 66.7 Å². The van der Waals surface area contributed by atoms with Gasteiger partial charge in [0.2, 0.25) is 5.91 Å². The van der Waals surface area contributed by atoms with Crippen LogP contribution < -0.4 is 15.0 Å². The van der Waals surface area contributed by atoms with Crippen LogP contribution >= 0.6 is 11.3 Å². The Hall–Kier alpha value is -4.21. The minimum Gasteiger partial charge on any atom is -0.491 e. The predicted molar refractivity (Wildman–Crippen MR) is 211 cm³/mol. The van der Waals surface area contributed by atoms with E-state index in [1.54, 1.807) is 0 Å². The number of carbonyl (C=O) groups excluding carboxylic acids is 2. The molecule has 2 N–H and O–H groups in total. The van der Waals surface area contributed by atoms with Gasteiger partial charge in [0.15, 0.2) is 5.13 Å². The lowest BCUT2D eigenvalue weighted by molar-refractivity contribution is -0.115. The van der Waals surface area contributed by atoms with Gasteiger partial charge in [0.25, 0.3) is 0 Å². The zero-order valence-electron chi connectivity index (χ0n) is 31.6. The summed E-state index contributed by atoms with van der Waals surface area (Å²) in [6.45, 7) is 9.98. The van der Waals surface area contributed by atoms with Crippen molar-refractivity contribution in [1.29, 1.82) is 0 Å². The van der Waals surface area contributed by atoms with E-state index >= 15 is 0 Å². The highest BCUT2D eigenvalue weighted by Crippen LogP contribution is 2.35. The van der Waals surface area contributed by atoms with Crippen molar-refractivity contribution >= 4 is 34.3 Å². The van der Waals surface area contributed by atoms with Crippen molar-refractivity contribution in [2.75, 3.05) is 103 Å². The van der Waals surface area contributed by atoms with Gasteiger partial charge in [-0.15, -0.1) is 11.3 Å². The fraction of sp³-hybridized carbons (Fsp3) is 0.439. The second-order valence-corrected chi connectivity index (χ2v) is 13.6. The second kappa shape index (κ2) is 24.2. The molecular weight excluding hydrogens is 711 g/mol. The lowest BCUT2D eigenvalue weighted by atomic mass is 10.1. The summed E-state index contributed by atoms with van der Waals surface area (Å²) >= 11 is 1.49. The largest absolute Gasteiger partial charge is 0.491 e. The van der Waals surface area contributed by atoms with E-state index < -0.39 is 0 Å². The van der Waals surface area contributed by atoms with Crippen LogP contribution in [0.4, 0.5) is 10.8 Å². The zero-order chi connectivity index (χ0) is 38.4. The van der Waals surface area contributed by atoms with Crippen LogP contribution in [0, 0.1) is 13.8 Å². The number of rotatable bonds is 23. The lowest BCUT2D eigenvalue weighted by Gasteiger charge is -2.11. The molecule has 0 saturated heterocycles. The monoisotopic (exact) mass is 763 g/mol. The van der Waals surface area contributed by atoms with Crippen molar-refractivity contribution in [2.24, 2.45) is 0 Å². The van der Waals surface area contributed by atoms with Crippen LogP contribution in [0.5, 0.6) is 5.75 Å². The maximum atomic E-state index is 12.8. The number of aryl methyl sites for hydroxylation is 2. The molecule has 12 nitrogen and oxygen atoms in total. The fourth-order valence-electron chi connectivity index (χ4n) is 5.51. The summed E-state index contributed by atoms with van der Waals surface area (Å²) in [7, 11) is 2.11. The summed E-state index contributed by atoms with van der Waals surface area (Å²) in [6.07, 6.45) is 2.13. The summed E-state index contributed by atoms with van der Waals surface area (Å²) in [6, 6.07) is 21.5. The maximum absolute atomic E-state index is 12.8. The van der Waals surface area contributed by atoms with Gasteiger partial charge in [-0.1, -0.05) is 42.5 Å². The number of aliphatic hydroxyl groups excluding tert-OH is 1. The Kier molecular flexibility index (Phi) is 19.1. The first kappa shape index (κ1) is 42.5. The molecule has 0 saturated carbocycles. The third-order valence-corrected chi connectivity index (χ3v) is 9.21. The Labute approximate surface area is 322 Å². The number of benzene rings is 3. The molecule has 1 aliphatic rings. The number of likely N-dealkylation sites (N-methyl/N-ethyl adjacent to an activating group) is 1. The topological polar surface area (TPSA) is 138 Å². The number of hydrogen-bond acceptors (Lipinski definition) is 12. The van der Waals surface area contributed by atoms with Gasteiger partial charge in [-0.25, -0.2) is 4.98 Å². The number of nitrogens with zero attached hydrogens (tertiary/aromatic N) is 2. The van der Waals surface area contributed by atoms with Crippen molar-refractivity contribution in [3.8, 4) is 17.0 Å². The Bertz CT molecular complexity index is 1720. The number of thiazole rings is 1. The first-order valence-electron chi connectivity index (χ1n) is 18.2. The number of hydrogen-bond donors (Lipinski definition) is 2. The Morgan fingerprint density at radius 2 is 1.48 bits per heavy atom. The van der Waals surface area contributed by atoms with Crippen LogP contribution in [-0.4, -0.2) is 115 Å². The minimum absolute atomic E-state index is 0.0191. The van der Waals surface area contributed by atoms with E-state index in [0.717, 1.165) is 52.1 Å². The number of aldehydes is 1. The molecule has 2 heterocycles. The number of ether oxygens (including phenoxy) is 6. The lowest BCUT2D eigenvalue weighted by Crippen LogP contribution is -2.15. The fourth-order valence-corrected chi connectivity index (χ4v) is 6.36. The van der Waals surface area contributed by atoms with E-state index in [0.29, 0.717) is 83.6 Å². The summed E-state index contributed by atoms with van der Waals surface area (Å²) in [4.78, 5) is 31.1. The molecule has 54 heavy (non-hydrogen) atoms. The molecule has 1 aliphatic heterocycles. The number of aromatic nitrogens is 1. The van der Waals surface area contributed by atoms with Crippen molar-refractivity contribution in [1.82, 2.24) is 4.98 Å². The Balaban J connectivity index is 0.000000631. The highest BCUT2D eigenvalue weighted by atomic mass is 32.1. The number of aliphatic hydroxyl groups is 1. The van der Waals surface area contributed by atoms with E-state index in [1.165, 1.54) is 22.6 Å². The van der Waals surface area contributed by atoms with Crippen LogP contribution in [-0.2, 0) is 41.3 Å². The number of nitrogens with one attached hydrogen (secondary N) is 1. The van der Waals surface area contributed by atoms with Crippen LogP contribution in [0.2, 0.25) is 0 Å². The molecule has 0 bridgehead atoms. The molecule has 292 valence electrons. The van der Waals surface area contributed by atoms with Crippen molar-refractivity contribution in [3.63, 3.8) is 0 Å². The molecule has 0 fully saturated rings. The molecule has 3 aromatic carbocycles. The number of anilines is 2. The third-order valence-electron chi connectivity index (χ3n) is 8.32. The first-order valence-corrected chi connectivity index (χ1v) is 19.0. The second-order valence-electron chi connectivity index (χ2n) is 12.4. The molecule has 0 radical (unpaired) electrons. The standard InChI is InChI=1S/C33H45N3O8S.C8H8O/c1-25-32(28-6-7-30-27(24-28)8-9-36(30)2)35-33(45-25)34-31(38)23-26-4-3-5-29(22-26)44-21-20-43-19-18-42-17-16-41-15-14-40-13-12-39-11-10-37;1-7-4-2-3-5-8(7)6-9/h3-7,22,24,37H,8-21,23H2,1-2H3,(H,34,35,38);2-6H,1H3. The average molecular weight is 764 g/mol. The van der Waals surface area contributed by atoms with Gasteiger partial charge in [-0.2, -0.15) is 0 Å². The number of fused-ring (bicyclic) bond motifs is 1. The molecule has 5 rings (SSSR count). The molecule has 0 unspecified atom stereocenters. The summed E-state index contributed by atoms with van der Waals surface area (Å²) < 4.78 is 32.8. The summed E-state index contributed by atoms with van der Waals surface area (Å²) in [5, 5.41) is 12.2. The molecule has 13 heteroatoms. The quantitative estimate of drug-likeness (QED) is 0.0727. The normalized spacial score (nSPS) is 11.9. The van der Waals surface area contributed by atoms with Gasteiger partial charge >= 0.3 is 0 Å². The van der Waals surface area contributed by atoms with Gasteiger partial charge in [0.05, 0.1) is 84.8 Å². The number of carbonyl (C=O) groups is 2. The van der Waals surface area contributed by atoms with Crippen molar-refractivity contribution in [2.45, 2.75) is 26.7 Å². The SMILES string of the molecule is Cc1ccccc1C=O.Cc1sc(NC(=O)Cc2cccc(OCCOCCOCCOCCOCCOCCO)c2)nc1-c1ccc2c(c1)CCN2C. The van der Waals surface area contributed by atoms with Gasteiger partial charge < -0.3 is 43.7 Å². The van der Waals surface area contributed by atoms with Gasteiger partial charge in [-0.3, -0.25) is 9.59 Å². The van der Waals surface area contributed by atoms with E-state index in [4.69, 9.17) is 38.5 Å². The molecule has 4 aromatic rings. The van der Waals surface area contributed by atoms with Gasteiger partial charge in [0.1, 0.15) is 18.6 Å². The van der Waals surface area contributed by atoms with E-state index in [9.17, 15) is 9.59 Å². The molecule has 0 spiro atoms. The molecule has 1 aromatic heterocycles. The van der Waals surface area contributed by atoms with Gasteiger partial charge in [0, 0.05) is 35.3 Å². The Morgan fingerprint density at radius 3 is 2.11 bits per heavy atom. The minimum atomic E-state index is -0.120. The first-order chi connectivity index (χ1) is 26.4. The Morgan fingerprint density at radius 1 is 0.833 bits per heavy atom. The third kappa shape index (κ3) is 14.9.